The number of nitrogens with one attached hydrogen (secondary N) is 2. The van der Waals surface area contributed by atoms with Gasteiger partial charge in [0.15, 0.2) is 36.2 Å². The van der Waals surface area contributed by atoms with Gasteiger partial charge in [0.1, 0.15) is 23.7 Å². The summed E-state index contributed by atoms with van der Waals surface area (Å²) in [5.74, 6) is 1.42. The number of aromatic nitrogens is 2. The van der Waals surface area contributed by atoms with Gasteiger partial charge in [0.2, 0.25) is 11.9 Å². The molecule has 2 unspecified atom stereocenters. The molecule has 2 heterocycles. The van der Waals surface area contributed by atoms with Gasteiger partial charge in [-0.2, -0.15) is 4.98 Å². The first-order chi connectivity index (χ1) is 40.1. The normalized spacial score (nSPS) is 13.8. The van der Waals surface area contributed by atoms with Crippen LogP contribution in [0.15, 0.2) is 72.9 Å². The number of ether oxygens (including phenoxy) is 9. The van der Waals surface area contributed by atoms with Gasteiger partial charge in [0.25, 0.3) is 11.8 Å². The summed E-state index contributed by atoms with van der Waals surface area (Å²) in [5.41, 5.74) is 20.0. The Balaban J connectivity index is 0.860. The summed E-state index contributed by atoms with van der Waals surface area (Å²) in [6.07, 6.45) is 6.37. The van der Waals surface area contributed by atoms with Gasteiger partial charge in [-0.3, -0.25) is 14.4 Å². The van der Waals surface area contributed by atoms with Gasteiger partial charge >= 0.3 is 5.97 Å². The third kappa shape index (κ3) is 19.7. The molecule has 1 saturated heterocycles. The van der Waals surface area contributed by atoms with Crippen LogP contribution in [0.1, 0.15) is 114 Å². The van der Waals surface area contributed by atoms with Gasteiger partial charge < -0.3 is 69.6 Å². The predicted octanol–water partition coefficient (Wildman–Crippen LogP) is 7.80. The number of aryl methyl sites for hydroxylation is 5. The number of hydrogen-bond acceptors (Lipinski definition) is 17. The molecular formula is C63H85N7O13. The van der Waals surface area contributed by atoms with E-state index in [9.17, 15) is 19.2 Å². The third-order valence-corrected chi connectivity index (χ3v) is 14.5. The first-order valence-corrected chi connectivity index (χ1v) is 28.6. The lowest BCUT2D eigenvalue weighted by molar-refractivity contribution is -0.162. The Kier molecular flexibility index (Phi) is 26.0. The first kappa shape index (κ1) is 64.5. The van der Waals surface area contributed by atoms with Crippen LogP contribution in [0.2, 0.25) is 0 Å². The van der Waals surface area contributed by atoms with Crippen molar-refractivity contribution in [2.45, 2.75) is 110 Å². The number of nitrogens with two attached hydrogens (primary N) is 2. The third-order valence-electron chi connectivity index (χ3n) is 14.5. The van der Waals surface area contributed by atoms with E-state index in [-0.39, 0.29) is 36.9 Å². The molecule has 0 radical (unpaired) electrons. The summed E-state index contributed by atoms with van der Waals surface area (Å²) in [4.78, 5) is 64.0. The number of nitrogens with zero attached hydrogens (tertiary/aromatic N) is 3. The van der Waals surface area contributed by atoms with Crippen LogP contribution >= 0.6 is 0 Å². The molecule has 0 bridgehead atoms. The van der Waals surface area contributed by atoms with E-state index >= 15 is 0 Å². The minimum absolute atomic E-state index is 0.112. The molecule has 1 aromatic heterocycles. The van der Waals surface area contributed by atoms with Gasteiger partial charge in [-0.1, -0.05) is 49.4 Å². The number of methoxy groups -OCH3 is 3. The van der Waals surface area contributed by atoms with Crippen LogP contribution in [-0.2, 0) is 51.0 Å². The number of rotatable bonds is 34. The Bertz CT molecular complexity index is 2920. The van der Waals surface area contributed by atoms with Gasteiger partial charge in [0, 0.05) is 51.0 Å². The predicted molar refractivity (Wildman–Crippen MR) is 316 cm³/mol. The zero-order valence-corrected chi connectivity index (χ0v) is 49.6. The molecule has 20 heteroatoms. The molecule has 3 atom stereocenters. The zero-order valence-electron chi connectivity index (χ0n) is 49.6. The number of carbonyl (C=O) groups excluding carboxylic acids is 4. The van der Waals surface area contributed by atoms with Crippen LogP contribution in [0.4, 0.5) is 11.8 Å². The van der Waals surface area contributed by atoms with Crippen LogP contribution < -0.4 is 45.8 Å². The molecule has 1 aliphatic heterocycles. The number of hydrogen-bond donors (Lipinski definition) is 4. The Hall–Kier alpha value is -7.68. The lowest BCUT2D eigenvalue weighted by Gasteiger charge is -2.37. The summed E-state index contributed by atoms with van der Waals surface area (Å²) < 4.78 is 51.9. The minimum atomic E-state index is -0.746. The second kappa shape index (κ2) is 33.4. The average Bonchev–Trinajstić information content (AvgIpc) is 3.61. The molecule has 3 amide bonds. The molecule has 450 valence electrons. The van der Waals surface area contributed by atoms with Crippen LogP contribution in [0.25, 0.3) is 0 Å². The maximum Gasteiger partial charge on any atom is 0.329 e. The number of esters is 1. The standard InChI is InChI=1S/C63H85N7O13/c1-9-51(48-33-44(5)58(77-8)55(37-48)76-7)61(73)70-24-11-10-17-52(70)62(74)83-53(21-20-45-19-18-41(2)42(3)31-45)47-15-12-16-50(36-47)81-39-56(71)66-22-13-25-78-27-29-80-30-28-79-26-14-23-67-57(72)40-82-59-43(4)32-46(35-54(59)75-6)34-49-38-68-63(65)69-60(49)64/h12,15-16,18-19,31-33,35-38,51-53H,9-11,13-14,17,20-30,34,39-40H2,1-8H3,(H,66,71)(H,67,72)(H4,64,65,68,69)/t51?,52?,53-/m1/s1. The number of carbonyl (C=O) groups is 4. The number of piperidine rings is 1. The maximum atomic E-state index is 14.5. The molecule has 83 heavy (non-hydrogen) atoms. The Morgan fingerprint density at radius 3 is 1.99 bits per heavy atom. The molecule has 4 aromatic carbocycles. The molecule has 6 N–H and O–H groups in total. The number of likely N-dealkylation sites (tertiary alicyclic amines) is 1. The average molecular weight is 1150 g/mol. The van der Waals surface area contributed by atoms with Crippen molar-refractivity contribution >= 4 is 35.5 Å². The van der Waals surface area contributed by atoms with Crippen LogP contribution in [0, 0.1) is 27.7 Å². The van der Waals surface area contributed by atoms with Crippen molar-refractivity contribution in [3.8, 4) is 28.7 Å². The van der Waals surface area contributed by atoms with E-state index in [2.05, 4.69) is 52.6 Å². The largest absolute Gasteiger partial charge is 0.493 e. The molecule has 1 fully saturated rings. The fraction of sp³-hybridized carbons (Fsp3) is 0.492. The van der Waals surface area contributed by atoms with Crippen molar-refractivity contribution in [3.05, 3.63) is 123 Å². The molecule has 1 aliphatic rings. The highest BCUT2D eigenvalue weighted by molar-refractivity contribution is 5.89. The lowest BCUT2D eigenvalue weighted by Crippen LogP contribution is -2.50. The monoisotopic (exact) mass is 1150 g/mol. The summed E-state index contributed by atoms with van der Waals surface area (Å²) in [5, 5.41) is 5.72. The summed E-state index contributed by atoms with van der Waals surface area (Å²) in [6.45, 7) is 13.3. The van der Waals surface area contributed by atoms with E-state index in [1.54, 1.807) is 31.4 Å². The van der Waals surface area contributed by atoms with Gasteiger partial charge in [-0.05, 0) is 148 Å². The second-order valence-electron chi connectivity index (χ2n) is 20.6. The summed E-state index contributed by atoms with van der Waals surface area (Å²) in [7, 11) is 4.71. The molecule has 6 rings (SSSR count). The lowest BCUT2D eigenvalue weighted by atomic mass is 9.91. The topological polar surface area (TPSA) is 256 Å². The van der Waals surface area contributed by atoms with Gasteiger partial charge in [-0.25, -0.2) is 9.78 Å². The van der Waals surface area contributed by atoms with Crippen molar-refractivity contribution in [2.75, 3.05) is 105 Å². The van der Waals surface area contributed by atoms with E-state index in [1.807, 2.05) is 63.2 Å². The fourth-order valence-corrected chi connectivity index (χ4v) is 9.93. The van der Waals surface area contributed by atoms with Crippen molar-refractivity contribution < 1.29 is 61.8 Å². The number of anilines is 2. The quantitative estimate of drug-likeness (QED) is 0.0226. The van der Waals surface area contributed by atoms with Crippen LogP contribution in [0.3, 0.4) is 0 Å². The highest BCUT2D eigenvalue weighted by Crippen LogP contribution is 2.38. The number of amides is 3. The van der Waals surface area contributed by atoms with E-state index in [0.717, 1.165) is 51.8 Å². The molecule has 5 aromatic rings. The SMILES string of the molecule is CCC(C(=O)N1CCCCC1C(=O)O[C@H](CCc1ccc(C)c(C)c1)c1cccc(OCC(=O)NCCCOCCOCCOCCCNC(=O)COc2c(C)cc(Cc3cnc(N)nc3N)cc2OC)c1)c1cc(C)c(OC)c(OC)c1. The number of benzene rings is 4. The van der Waals surface area contributed by atoms with Crippen molar-refractivity contribution in [1.82, 2.24) is 25.5 Å². The molecular weight excluding hydrogens is 1060 g/mol. The summed E-state index contributed by atoms with van der Waals surface area (Å²) >= 11 is 0. The first-order valence-electron chi connectivity index (χ1n) is 28.6. The van der Waals surface area contributed by atoms with Gasteiger partial charge in [-0.15, -0.1) is 0 Å². The van der Waals surface area contributed by atoms with Crippen LogP contribution in [-0.4, -0.2) is 138 Å². The Labute approximate surface area is 488 Å². The van der Waals surface area contributed by atoms with Crippen molar-refractivity contribution in [2.24, 2.45) is 0 Å². The van der Waals surface area contributed by atoms with E-state index in [0.29, 0.717) is 139 Å². The highest BCUT2D eigenvalue weighted by Gasteiger charge is 2.38. The number of nitrogen functional groups attached to an aromatic ring is 2. The van der Waals surface area contributed by atoms with E-state index in [4.69, 9.17) is 54.1 Å². The van der Waals surface area contributed by atoms with Gasteiger partial charge in [0.05, 0.1) is 53.7 Å². The zero-order chi connectivity index (χ0) is 59.7. The van der Waals surface area contributed by atoms with Crippen LogP contribution in [0.5, 0.6) is 28.7 Å². The molecule has 20 nitrogen and oxygen atoms in total. The van der Waals surface area contributed by atoms with E-state index in [1.165, 1.54) is 18.2 Å². The fourth-order valence-electron chi connectivity index (χ4n) is 9.93. The minimum Gasteiger partial charge on any atom is -0.493 e. The molecule has 0 saturated carbocycles. The highest BCUT2D eigenvalue weighted by atomic mass is 16.6. The van der Waals surface area contributed by atoms with E-state index < -0.39 is 24.0 Å². The summed E-state index contributed by atoms with van der Waals surface area (Å²) in [6, 6.07) is 20.5. The molecule has 0 spiro atoms. The Morgan fingerprint density at radius 2 is 1.34 bits per heavy atom. The molecule has 0 aliphatic carbocycles. The maximum absolute atomic E-state index is 14.5. The smallest absolute Gasteiger partial charge is 0.329 e. The second-order valence-corrected chi connectivity index (χ2v) is 20.6. The van der Waals surface area contributed by atoms with Crippen molar-refractivity contribution in [1.29, 1.82) is 0 Å². The van der Waals surface area contributed by atoms with Crippen molar-refractivity contribution in [3.63, 3.8) is 0 Å². The Morgan fingerprint density at radius 1 is 0.687 bits per heavy atom.